The molecule has 0 fully saturated rings. The second kappa shape index (κ2) is 28.0. The number of hydrogen-bond acceptors (Lipinski definition) is 0. The molecule has 1 rings (SSSR count). The minimum Gasteiger partial charge on any atom is -0.234 e. The predicted octanol–water partition coefficient (Wildman–Crippen LogP) is 13.4. The molecule has 1 aromatic heterocycles. The van der Waals surface area contributed by atoms with Crippen LogP contribution in [0.1, 0.15) is 232 Å². The molecular formula is C39H77N2+. The van der Waals surface area contributed by atoms with Gasteiger partial charge in [-0.1, -0.05) is 182 Å². The SMILES string of the molecule is CCCCCCCCCCCCCCCCCCCn1cc[n+](C(C)CCCCCCCCCCCC)c1C(C)C. The van der Waals surface area contributed by atoms with Gasteiger partial charge in [0.1, 0.15) is 12.4 Å². The third kappa shape index (κ3) is 20.7. The number of hydrogen-bond donors (Lipinski definition) is 0. The van der Waals surface area contributed by atoms with Gasteiger partial charge < -0.3 is 0 Å². The molecule has 1 atom stereocenters. The first-order valence-electron chi connectivity index (χ1n) is 19.2. The van der Waals surface area contributed by atoms with Crippen LogP contribution in [0.4, 0.5) is 0 Å². The lowest BCUT2D eigenvalue weighted by molar-refractivity contribution is -0.727. The van der Waals surface area contributed by atoms with Crippen molar-refractivity contribution in [2.24, 2.45) is 0 Å². The summed E-state index contributed by atoms with van der Waals surface area (Å²) >= 11 is 0. The van der Waals surface area contributed by atoms with E-state index >= 15 is 0 Å². The number of unbranched alkanes of at least 4 members (excludes halogenated alkanes) is 25. The first-order chi connectivity index (χ1) is 20.1. The average Bonchev–Trinajstić information content (AvgIpc) is 3.40. The van der Waals surface area contributed by atoms with Crippen LogP contribution in [0.3, 0.4) is 0 Å². The molecule has 2 nitrogen and oxygen atoms in total. The van der Waals surface area contributed by atoms with Gasteiger partial charge in [-0.15, -0.1) is 0 Å². The molecule has 0 aliphatic carbocycles. The molecule has 41 heavy (non-hydrogen) atoms. The highest BCUT2D eigenvalue weighted by molar-refractivity contribution is 4.90. The zero-order valence-electron chi connectivity index (χ0n) is 29.2. The van der Waals surface area contributed by atoms with Gasteiger partial charge in [-0.3, -0.25) is 0 Å². The molecule has 0 spiro atoms. The van der Waals surface area contributed by atoms with Crippen molar-refractivity contribution in [3.8, 4) is 0 Å². The van der Waals surface area contributed by atoms with Gasteiger partial charge in [-0.25, -0.2) is 9.13 Å². The standard InChI is InChI=1S/C39H77N2/c1-6-8-10-12-14-16-18-19-20-21-22-23-24-26-28-30-32-34-40-35-36-41(39(40)37(3)4)38(5)33-31-29-27-25-17-15-13-11-9-7-2/h35-38H,6-34H2,1-5H3/q+1. The van der Waals surface area contributed by atoms with E-state index in [1.165, 1.54) is 186 Å². The molecule has 1 unspecified atom stereocenters. The van der Waals surface area contributed by atoms with Crippen LogP contribution >= 0.6 is 0 Å². The summed E-state index contributed by atoms with van der Waals surface area (Å²) in [5.41, 5.74) is 0. The highest BCUT2D eigenvalue weighted by Gasteiger charge is 2.23. The Kier molecular flexibility index (Phi) is 26.1. The Morgan fingerprint density at radius 3 is 1.20 bits per heavy atom. The minimum atomic E-state index is 0.589. The van der Waals surface area contributed by atoms with E-state index in [1.807, 2.05) is 0 Å². The molecule has 0 amide bonds. The van der Waals surface area contributed by atoms with Crippen molar-refractivity contribution >= 4 is 0 Å². The maximum absolute atomic E-state index is 2.60. The molecule has 2 heteroatoms. The molecule has 0 bridgehead atoms. The normalized spacial score (nSPS) is 12.5. The Morgan fingerprint density at radius 2 is 0.829 bits per heavy atom. The van der Waals surface area contributed by atoms with Crippen LogP contribution in [0.25, 0.3) is 0 Å². The molecule has 0 saturated carbocycles. The van der Waals surface area contributed by atoms with Crippen LogP contribution in [0, 0.1) is 0 Å². The fourth-order valence-electron chi connectivity index (χ4n) is 6.72. The molecule has 0 aliphatic rings. The van der Waals surface area contributed by atoms with E-state index in [0.29, 0.717) is 12.0 Å². The van der Waals surface area contributed by atoms with Gasteiger partial charge in [0.25, 0.3) is 5.82 Å². The fraction of sp³-hybridized carbons (Fsp3) is 0.923. The minimum absolute atomic E-state index is 0.589. The first kappa shape index (κ1) is 38.2. The van der Waals surface area contributed by atoms with Crippen molar-refractivity contribution in [3.63, 3.8) is 0 Å². The van der Waals surface area contributed by atoms with Gasteiger partial charge >= 0.3 is 0 Å². The Morgan fingerprint density at radius 1 is 0.488 bits per heavy atom. The third-order valence-electron chi connectivity index (χ3n) is 9.44. The number of nitrogens with zero attached hydrogens (tertiary/aromatic N) is 2. The second-order valence-electron chi connectivity index (χ2n) is 13.9. The highest BCUT2D eigenvalue weighted by atomic mass is 15.2. The smallest absolute Gasteiger partial charge is 0.234 e. The van der Waals surface area contributed by atoms with Crippen LogP contribution in [-0.4, -0.2) is 4.57 Å². The van der Waals surface area contributed by atoms with Crippen molar-refractivity contribution < 1.29 is 4.57 Å². The summed E-state index contributed by atoms with van der Waals surface area (Å²) in [7, 11) is 0. The number of rotatable bonds is 31. The van der Waals surface area contributed by atoms with E-state index < -0.39 is 0 Å². The lowest BCUT2D eigenvalue weighted by Crippen LogP contribution is -2.41. The van der Waals surface area contributed by atoms with Gasteiger partial charge in [0.15, 0.2) is 0 Å². The lowest BCUT2D eigenvalue weighted by Gasteiger charge is -2.14. The maximum atomic E-state index is 2.60. The topological polar surface area (TPSA) is 8.81 Å². The van der Waals surface area contributed by atoms with Gasteiger partial charge in [-0.2, -0.15) is 0 Å². The predicted molar refractivity (Wildman–Crippen MR) is 184 cm³/mol. The van der Waals surface area contributed by atoms with E-state index in [2.05, 4.69) is 56.1 Å². The first-order valence-corrected chi connectivity index (χ1v) is 19.2. The Hall–Kier alpha value is -0.790. The van der Waals surface area contributed by atoms with Crippen molar-refractivity contribution in [2.75, 3.05) is 0 Å². The molecule has 0 saturated heterocycles. The molecular weight excluding hydrogens is 496 g/mol. The molecule has 0 radical (unpaired) electrons. The highest BCUT2D eigenvalue weighted by Crippen LogP contribution is 2.19. The molecule has 0 aliphatic heterocycles. The van der Waals surface area contributed by atoms with Crippen LogP contribution in [-0.2, 0) is 6.54 Å². The lowest BCUT2D eigenvalue weighted by atomic mass is 10.0. The summed E-state index contributed by atoms with van der Waals surface area (Å²) in [6.07, 6.45) is 44.9. The average molecular weight is 574 g/mol. The summed E-state index contributed by atoms with van der Waals surface area (Å²) < 4.78 is 5.18. The zero-order chi connectivity index (χ0) is 29.8. The van der Waals surface area contributed by atoms with Gasteiger partial charge in [0.05, 0.1) is 18.5 Å². The molecule has 0 N–H and O–H groups in total. The molecule has 1 aromatic rings. The molecule has 1 heterocycles. The van der Waals surface area contributed by atoms with Crippen LogP contribution in [0.15, 0.2) is 12.4 Å². The van der Waals surface area contributed by atoms with E-state index in [1.54, 1.807) is 5.82 Å². The molecule has 0 aromatic carbocycles. The van der Waals surface area contributed by atoms with E-state index in [0.717, 1.165) is 0 Å². The fourth-order valence-corrected chi connectivity index (χ4v) is 6.72. The maximum Gasteiger partial charge on any atom is 0.259 e. The van der Waals surface area contributed by atoms with Crippen LogP contribution < -0.4 is 4.57 Å². The number of imidazole rings is 1. The van der Waals surface area contributed by atoms with Crippen molar-refractivity contribution in [1.82, 2.24) is 4.57 Å². The van der Waals surface area contributed by atoms with E-state index in [-0.39, 0.29) is 0 Å². The largest absolute Gasteiger partial charge is 0.259 e. The third-order valence-corrected chi connectivity index (χ3v) is 9.44. The van der Waals surface area contributed by atoms with Gasteiger partial charge in [-0.05, 0) is 32.6 Å². The van der Waals surface area contributed by atoms with Gasteiger partial charge in [0, 0.05) is 0 Å². The summed E-state index contributed by atoms with van der Waals surface area (Å²) in [5, 5.41) is 0. The van der Waals surface area contributed by atoms with Crippen LogP contribution in [0.2, 0.25) is 0 Å². The van der Waals surface area contributed by atoms with E-state index in [4.69, 9.17) is 0 Å². The Bertz CT molecular complexity index is 661. The van der Waals surface area contributed by atoms with Crippen LogP contribution in [0.5, 0.6) is 0 Å². The monoisotopic (exact) mass is 574 g/mol. The summed E-state index contributed by atoms with van der Waals surface area (Å²) in [4.78, 5) is 0. The van der Waals surface area contributed by atoms with Crippen molar-refractivity contribution in [2.45, 2.75) is 233 Å². The van der Waals surface area contributed by atoms with Crippen molar-refractivity contribution in [1.29, 1.82) is 0 Å². The zero-order valence-corrected chi connectivity index (χ0v) is 29.2. The molecule has 242 valence electrons. The van der Waals surface area contributed by atoms with Crippen molar-refractivity contribution in [3.05, 3.63) is 18.2 Å². The quantitative estimate of drug-likeness (QED) is 0.0617. The summed E-state index contributed by atoms with van der Waals surface area (Å²) in [6, 6.07) is 0.623. The van der Waals surface area contributed by atoms with E-state index in [9.17, 15) is 0 Å². The number of aromatic nitrogens is 2. The Labute approximate surface area is 259 Å². The summed E-state index contributed by atoms with van der Waals surface area (Å²) in [5.74, 6) is 2.13. The second-order valence-corrected chi connectivity index (χ2v) is 13.9. The number of aryl methyl sites for hydroxylation is 1. The van der Waals surface area contributed by atoms with Gasteiger partial charge in [0.2, 0.25) is 0 Å². The summed E-state index contributed by atoms with van der Waals surface area (Å²) in [6.45, 7) is 13.0. The Balaban J connectivity index is 2.07.